The molecule has 5 nitrogen and oxygen atoms in total. The van der Waals surface area contributed by atoms with Crippen molar-refractivity contribution in [2.24, 2.45) is 0 Å². The molecule has 0 aliphatic carbocycles. The second kappa shape index (κ2) is 10.9. The van der Waals surface area contributed by atoms with E-state index < -0.39 is 6.04 Å². The highest BCUT2D eigenvalue weighted by atomic mass is 35.5. The molecule has 6 heteroatoms. The third kappa shape index (κ3) is 6.79. The van der Waals surface area contributed by atoms with Gasteiger partial charge < -0.3 is 15.0 Å². The lowest BCUT2D eigenvalue weighted by molar-refractivity contribution is -0.142. The second-order valence-electron chi connectivity index (χ2n) is 7.17. The van der Waals surface area contributed by atoms with Crippen molar-refractivity contribution in [1.29, 1.82) is 0 Å². The molecule has 0 saturated carbocycles. The fourth-order valence-electron chi connectivity index (χ4n) is 2.80. The molecule has 0 aliphatic rings. The molecule has 0 aromatic heterocycles. The molecule has 0 saturated heterocycles. The lowest BCUT2D eigenvalue weighted by atomic mass is 10.1. The molecular formula is C23H29ClN2O3. The Bertz CT molecular complexity index is 837. The maximum Gasteiger partial charge on any atom is 0.261 e. The standard InChI is InChI=1S/C23H29ClN2O3/c1-5-12-25-23(28)18(4)26(14-19-8-6-16(2)7-9-19)22(27)15-29-20-10-11-21(24)17(3)13-20/h6-11,13,18H,5,12,14-15H2,1-4H3,(H,25,28). The number of carbonyl (C=O) groups excluding carboxylic acids is 2. The molecule has 2 amide bonds. The van der Waals surface area contributed by atoms with Crippen molar-refractivity contribution in [3.8, 4) is 5.75 Å². The number of amides is 2. The molecule has 0 heterocycles. The van der Waals surface area contributed by atoms with Crippen LogP contribution in [0.15, 0.2) is 42.5 Å². The highest BCUT2D eigenvalue weighted by molar-refractivity contribution is 6.31. The second-order valence-corrected chi connectivity index (χ2v) is 7.58. The van der Waals surface area contributed by atoms with Gasteiger partial charge in [0.15, 0.2) is 6.61 Å². The summed E-state index contributed by atoms with van der Waals surface area (Å²) in [5.41, 5.74) is 2.98. The van der Waals surface area contributed by atoms with Crippen LogP contribution < -0.4 is 10.1 Å². The number of nitrogens with zero attached hydrogens (tertiary/aromatic N) is 1. The van der Waals surface area contributed by atoms with Gasteiger partial charge in [0, 0.05) is 18.1 Å². The van der Waals surface area contributed by atoms with Crippen LogP contribution in [-0.2, 0) is 16.1 Å². The number of nitrogens with one attached hydrogen (secondary N) is 1. The van der Waals surface area contributed by atoms with Gasteiger partial charge in [-0.2, -0.15) is 0 Å². The molecule has 156 valence electrons. The summed E-state index contributed by atoms with van der Waals surface area (Å²) in [7, 11) is 0. The number of rotatable bonds is 9. The Hall–Kier alpha value is -2.53. The lowest BCUT2D eigenvalue weighted by Crippen LogP contribution is -2.49. The number of hydrogen-bond acceptors (Lipinski definition) is 3. The highest BCUT2D eigenvalue weighted by Crippen LogP contribution is 2.21. The number of halogens is 1. The van der Waals surface area contributed by atoms with Gasteiger partial charge in [-0.15, -0.1) is 0 Å². The predicted molar refractivity (Wildman–Crippen MR) is 116 cm³/mol. The molecule has 2 aromatic carbocycles. The van der Waals surface area contributed by atoms with E-state index in [0.29, 0.717) is 23.9 Å². The number of carbonyl (C=O) groups is 2. The van der Waals surface area contributed by atoms with Crippen LogP contribution in [0, 0.1) is 13.8 Å². The van der Waals surface area contributed by atoms with Gasteiger partial charge in [-0.3, -0.25) is 9.59 Å². The van der Waals surface area contributed by atoms with E-state index in [1.54, 1.807) is 30.0 Å². The highest BCUT2D eigenvalue weighted by Gasteiger charge is 2.26. The summed E-state index contributed by atoms with van der Waals surface area (Å²) in [5.74, 6) is 0.144. The zero-order valence-electron chi connectivity index (χ0n) is 17.5. The predicted octanol–water partition coefficient (Wildman–Crippen LogP) is 4.28. The average molecular weight is 417 g/mol. The van der Waals surface area contributed by atoms with Crippen LogP contribution >= 0.6 is 11.6 Å². The van der Waals surface area contributed by atoms with E-state index in [4.69, 9.17) is 16.3 Å². The largest absolute Gasteiger partial charge is 0.484 e. The quantitative estimate of drug-likeness (QED) is 0.663. The van der Waals surface area contributed by atoms with Crippen LogP contribution in [0.25, 0.3) is 0 Å². The summed E-state index contributed by atoms with van der Waals surface area (Å²) in [4.78, 5) is 27.0. The minimum atomic E-state index is -0.606. The van der Waals surface area contributed by atoms with Crippen molar-refractivity contribution < 1.29 is 14.3 Å². The molecule has 0 radical (unpaired) electrons. The van der Waals surface area contributed by atoms with Gasteiger partial charge in [-0.25, -0.2) is 0 Å². The first-order valence-corrected chi connectivity index (χ1v) is 10.2. The maximum absolute atomic E-state index is 13.0. The van der Waals surface area contributed by atoms with Gasteiger partial charge in [0.2, 0.25) is 5.91 Å². The minimum Gasteiger partial charge on any atom is -0.484 e. The van der Waals surface area contributed by atoms with Crippen LogP contribution in [0.4, 0.5) is 0 Å². The van der Waals surface area contributed by atoms with E-state index in [1.807, 2.05) is 45.0 Å². The topological polar surface area (TPSA) is 58.6 Å². The molecule has 2 aromatic rings. The Kier molecular flexibility index (Phi) is 8.52. The first kappa shape index (κ1) is 22.8. The van der Waals surface area contributed by atoms with E-state index in [0.717, 1.165) is 23.1 Å². The van der Waals surface area contributed by atoms with Crippen LogP contribution in [0.5, 0.6) is 5.75 Å². The fraction of sp³-hybridized carbons (Fsp3) is 0.391. The summed E-state index contributed by atoms with van der Waals surface area (Å²) >= 11 is 6.04. The maximum atomic E-state index is 13.0. The third-order valence-electron chi connectivity index (χ3n) is 4.68. The average Bonchev–Trinajstić information content (AvgIpc) is 2.71. The van der Waals surface area contributed by atoms with Crippen LogP contribution in [-0.4, -0.2) is 35.9 Å². The van der Waals surface area contributed by atoms with Crippen molar-refractivity contribution >= 4 is 23.4 Å². The minimum absolute atomic E-state index is 0.154. The molecule has 0 fully saturated rings. The molecule has 2 rings (SSSR count). The lowest BCUT2D eigenvalue weighted by Gasteiger charge is -2.28. The van der Waals surface area contributed by atoms with Gasteiger partial charge in [-0.05, 0) is 56.5 Å². The summed E-state index contributed by atoms with van der Waals surface area (Å²) in [5, 5.41) is 3.51. The van der Waals surface area contributed by atoms with E-state index in [1.165, 1.54) is 0 Å². The van der Waals surface area contributed by atoms with Crippen molar-refractivity contribution in [3.63, 3.8) is 0 Å². The van der Waals surface area contributed by atoms with Crippen LogP contribution in [0.2, 0.25) is 5.02 Å². The smallest absolute Gasteiger partial charge is 0.261 e. The Balaban J connectivity index is 2.13. The molecule has 0 aliphatic heterocycles. The zero-order valence-corrected chi connectivity index (χ0v) is 18.3. The summed E-state index contributed by atoms with van der Waals surface area (Å²) in [6.07, 6.45) is 0.837. The van der Waals surface area contributed by atoms with E-state index in [9.17, 15) is 9.59 Å². The molecule has 1 unspecified atom stereocenters. The van der Waals surface area contributed by atoms with E-state index in [-0.39, 0.29) is 18.4 Å². The first-order chi connectivity index (χ1) is 13.8. The van der Waals surface area contributed by atoms with Crippen LogP contribution in [0.3, 0.4) is 0 Å². The van der Waals surface area contributed by atoms with Gasteiger partial charge in [0.1, 0.15) is 11.8 Å². The van der Waals surface area contributed by atoms with Gasteiger partial charge in [-0.1, -0.05) is 48.4 Å². The Morgan fingerprint density at radius 1 is 1.14 bits per heavy atom. The van der Waals surface area contributed by atoms with Crippen molar-refractivity contribution in [2.45, 2.75) is 46.7 Å². The zero-order chi connectivity index (χ0) is 21.4. The molecule has 1 atom stereocenters. The van der Waals surface area contributed by atoms with Gasteiger partial charge in [0.25, 0.3) is 5.91 Å². The molecule has 29 heavy (non-hydrogen) atoms. The van der Waals surface area contributed by atoms with Crippen molar-refractivity contribution in [2.75, 3.05) is 13.2 Å². The van der Waals surface area contributed by atoms with Crippen molar-refractivity contribution in [1.82, 2.24) is 10.2 Å². The first-order valence-electron chi connectivity index (χ1n) is 9.83. The number of benzene rings is 2. The number of aryl methyl sites for hydroxylation is 2. The third-order valence-corrected chi connectivity index (χ3v) is 5.11. The summed E-state index contributed by atoms with van der Waals surface area (Å²) in [6, 6.07) is 12.6. The van der Waals surface area contributed by atoms with Crippen molar-refractivity contribution in [3.05, 3.63) is 64.2 Å². The monoisotopic (exact) mass is 416 g/mol. The molecule has 1 N–H and O–H groups in total. The fourth-order valence-corrected chi connectivity index (χ4v) is 2.92. The Morgan fingerprint density at radius 2 is 1.83 bits per heavy atom. The Labute approximate surface area is 178 Å². The number of ether oxygens (including phenoxy) is 1. The van der Waals surface area contributed by atoms with E-state index in [2.05, 4.69) is 5.32 Å². The van der Waals surface area contributed by atoms with Gasteiger partial charge in [0.05, 0.1) is 0 Å². The normalized spacial score (nSPS) is 11.6. The Morgan fingerprint density at radius 3 is 2.45 bits per heavy atom. The molecule has 0 spiro atoms. The summed E-state index contributed by atoms with van der Waals surface area (Å²) in [6.45, 7) is 8.37. The van der Waals surface area contributed by atoms with E-state index >= 15 is 0 Å². The van der Waals surface area contributed by atoms with Gasteiger partial charge >= 0.3 is 0 Å². The SMILES string of the molecule is CCCNC(=O)C(C)N(Cc1ccc(C)cc1)C(=O)COc1ccc(Cl)c(C)c1. The number of hydrogen-bond donors (Lipinski definition) is 1. The summed E-state index contributed by atoms with van der Waals surface area (Å²) < 4.78 is 5.67. The molecular weight excluding hydrogens is 388 g/mol. The molecule has 0 bridgehead atoms. The van der Waals surface area contributed by atoms with Crippen LogP contribution in [0.1, 0.15) is 37.0 Å².